The summed E-state index contributed by atoms with van der Waals surface area (Å²) in [6, 6.07) is 8.41. The Kier molecular flexibility index (Phi) is 3.83. The minimum absolute atomic E-state index is 0.753. The first-order chi connectivity index (χ1) is 9.75. The van der Waals surface area contributed by atoms with Crippen LogP contribution in [0, 0.1) is 12.8 Å². The van der Waals surface area contributed by atoms with Crippen molar-refractivity contribution in [3.8, 4) is 0 Å². The van der Waals surface area contributed by atoms with Crippen molar-refractivity contribution in [3.63, 3.8) is 0 Å². The van der Waals surface area contributed by atoms with Crippen LogP contribution in [0.2, 0.25) is 0 Å². The van der Waals surface area contributed by atoms with E-state index in [1.54, 1.807) is 0 Å². The van der Waals surface area contributed by atoms with Crippen LogP contribution in [0.25, 0.3) is 10.8 Å². The first-order valence-corrected chi connectivity index (χ1v) is 7.39. The van der Waals surface area contributed by atoms with E-state index in [2.05, 4.69) is 51.7 Å². The highest BCUT2D eigenvalue weighted by atomic mass is 15.2. The fourth-order valence-electron chi connectivity index (χ4n) is 3.04. The molecule has 0 atom stereocenters. The second-order valence-electron chi connectivity index (χ2n) is 5.73. The number of aromatic nitrogens is 2. The number of anilines is 1. The number of aryl methyl sites for hydroxylation is 1. The molecule has 0 amide bonds. The van der Waals surface area contributed by atoms with E-state index in [0.717, 1.165) is 37.1 Å². The third kappa shape index (κ3) is 2.61. The first-order valence-electron chi connectivity index (χ1n) is 7.39. The quantitative estimate of drug-likeness (QED) is 0.929. The highest BCUT2D eigenvalue weighted by molar-refractivity contribution is 5.93. The molecule has 1 fully saturated rings. The Labute approximate surface area is 120 Å². The van der Waals surface area contributed by atoms with Crippen LogP contribution < -0.4 is 10.2 Å². The Hall–Kier alpha value is -1.68. The van der Waals surface area contributed by atoms with Gasteiger partial charge in [0.05, 0.1) is 5.69 Å². The first kappa shape index (κ1) is 13.3. The minimum Gasteiger partial charge on any atom is -0.357 e. The third-order valence-electron chi connectivity index (χ3n) is 4.20. The predicted octanol–water partition coefficient (Wildman–Crippen LogP) is 2.37. The number of nitrogens with one attached hydrogen (secondary N) is 1. The van der Waals surface area contributed by atoms with Crippen LogP contribution in [-0.2, 0) is 0 Å². The van der Waals surface area contributed by atoms with Crippen LogP contribution in [0.3, 0.4) is 0 Å². The molecule has 1 aromatic heterocycles. The van der Waals surface area contributed by atoms with Crippen molar-refractivity contribution in [2.45, 2.75) is 19.8 Å². The van der Waals surface area contributed by atoms with E-state index >= 15 is 0 Å². The molecule has 0 aliphatic carbocycles. The fourth-order valence-corrected chi connectivity index (χ4v) is 3.04. The molecule has 1 N–H and O–H groups in total. The zero-order valence-electron chi connectivity index (χ0n) is 12.3. The summed E-state index contributed by atoms with van der Waals surface area (Å²) in [7, 11) is 2.13. The lowest BCUT2D eigenvalue weighted by Gasteiger charge is -2.28. The molecule has 1 aliphatic rings. The van der Waals surface area contributed by atoms with Crippen molar-refractivity contribution >= 4 is 16.6 Å². The number of hydrogen-bond donors (Lipinski definition) is 1. The van der Waals surface area contributed by atoms with Gasteiger partial charge in [-0.3, -0.25) is 0 Å². The number of nitrogens with zero attached hydrogens (tertiary/aromatic N) is 3. The fraction of sp³-hybridized carbons (Fsp3) is 0.500. The maximum Gasteiger partial charge on any atom is 0.158 e. The summed E-state index contributed by atoms with van der Waals surface area (Å²) in [6.07, 6.45) is 2.50. The van der Waals surface area contributed by atoms with E-state index in [9.17, 15) is 0 Å². The Morgan fingerprint density at radius 3 is 2.60 bits per heavy atom. The van der Waals surface area contributed by atoms with Gasteiger partial charge in [-0.15, -0.1) is 5.10 Å². The molecule has 0 unspecified atom stereocenters. The predicted molar refractivity (Wildman–Crippen MR) is 83.1 cm³/mol. The summed E-state index contributed by atoms with van der Waals surface area (Å²) < 4.78 is 0. The largest absolute Gasteiger partial charge is 0.357 e. The Balaban J connectivity index is 1.87. The summed E-state index contributed by atoms with van der Waals surface area (Å²) in [6.45, 7) is 5.35. The van der Waals surface area contributed by atoms with Crippen molar-refractivity contribution in [3.05, 3.63) is 30.0 Å². The number of rotatable bonds is 3. The SMILES string of the molecule is Cc1nnc(N(C)CC2CCNCC2)c2ccccc12. The van der Waals surface area contributed by atoms with Gasteiger partial charge in [0.15, 0.2) is 5.82 Å². The maximum atomic E-state index is 4.43. The zero-order valence-corrected chi connectivity index (χ0v) is 12.3. The molecule has 4 heteroatoms. The highest BCUT2D eigenvalue weighted by Crippen LogP contribution is 2.26. The van der Waals surface area contributed by atoms with E-state index in [1.165, 1.54) is 23.6 Å². The van der Waals surface area contributed by atoms with Crippen LogP contribution in [0.4, 0.5) is 5.82 Å². The van der Waals surface area contributed by atoms with Gasteiger partial charge in [0.1, 0.15) is 0 Å². The Morgan fingerprint density at radius 1 is 1.15 bits per heavy atom. The summed E-state index contributed by atoms with van der Waals surface area (Å²) in [5.74, 6) is 1.76. The smallest absolute Gasteiger partial charge is 0.158 e. The molecule has 2 aromatic rings. The van der Waals surface area contributed by atoms with Crippen molar-refractivity contribution in [1.29, 1.82) is 0 Å². The lowest BCUT2D eigenvalue weighted by Crippen LogP contribution is -2.35. The topological polar surface area (TPSA) is 41.1 Å². The summed E-state index contributed by atoms with van der Waals surface area (Å²) in [5.41, 5.74) is 1.000. The molecular weight excluding hydrogens is 248 g/mol. The molecule has 20 heavy (non-hydrogen) atoms. The van der Waals surface area contributed by atoms with Gasteiger partial charge in [-0.05, 0) is 38.8 Å². The summed E-state index contributed by atoms with van der Waals surface area (Å²) in [4.78, 5) is 2.27. The maximum absolute atomic E-state index is 4.43. The zero-order chi connectivity index (χ0) is 13.9. The number of fused-ring (bicyclic) bond motifs is 1. The molecule has 0 spiro atoms. The second-order valence-corrected chi connectivity index (χ2v) is 5.73. The van der Waals surface area contributed by atoms with Crippen LogP contribution in [0.15, 0.2) is 24.3 Å². The van der Waals surface area contributed by atoms with E-state index in [-0.39, 0.29) is 0 Å². The lowest BCUT2D eigenvalue weighted by atomic mass is 9.97. The van der Waals surface area contributed by atoms with Gasteiger partial charge >= 0.3 is 0 Å². The minimum atomic E-state index is 0.753. The second kappa shape index (κ2) is 5.75. The summed E-state index contributed by atoms with van der Waals surface area (Å²) >= 11 is 0. The van der Waals surface area contributed by atoms with E-state index in [0.29, 0.717) is 0 Å². The van der Waals surface area contributed by atoms with Gasteiger partial charge in [0, 0.05) is 24.4 Å². The Bertz CT molecular complexity index is 590. The van der Waals surface area contributed by atoms with Gasteiger partial charge in [-0.1, -0.05) is 24.3 Å². The molecule has 1 aromatic carbocycles. The van der Waals surface area contributed by atoms with Crippen LogP contribution in [0.5, 0.6) is 0 Å². The molecule has 2 heterocycles. The van der Waals surface area contributed by atoms with Gasteiger partial charge in [-0.2, -0.15) is 5.10 Å². The van der Waals surface area contributed by atoms with Crippen molar-refractivity contribution in [2.24, 2.45) is 5.92 Å². The third-order valence-corrected chi connectivity index (χ3v) is 4.20. The average molecular weight is 270 g/mol. The number of hydrogen-bond acceptors (Lipinski definition) is 4. The molecule has 106 valence electrons. The highest BCUT2D eigenvalue weighted by Gasteiger charge is 2.17. The molecule has 1 saturated heterocycles. The molecule has 0 saturated carbocycles. The standard InChI is InChI=1S/C16H22N4/c1-12-14-5-3-4-6-15(14)16(19-18-12)20(2)11-13-7-9-17-10-8-13/h3-6,13,17H,7-11H2,1-2H3. The number of benzene rings is 1. The van der Waals surface area contributed by atoms with Gasteiger partial charge in [0.2, 0.25) is 0 Å². The molecular formula is C16H22N4. The van der Waals surface area contributed by atoms with Crippen molar-refractivity contribution < 1.29 is 0 Å². The number of piperidine rings is 1. The van der Waals surface area contributed by atoms with Gasteiger partial charge in [-0.25, -0.2) is 0 Å². The molecule has 1 aliphatic heterocycles. The molecule has 0 radical (unpaired) electrons. The molecule has 0 bridgehead atoms. The van der Waals surface area contributed by atoms with E-state index in [4.69, 9.17) is 0 Å². The van der Waals surface area contributed by atoms with Gasteiger partial charge < -0.3 is 10.2 Å². The van der Waals surface area contributed by atoms with Crippen LogP contribution >= 0.6 is 0 Å². The van der Waals surface area contributed by atoms with Crippen LogP contribution in [0.1, 0.15) is 18.5 Å². The van der Waals surface area contributed by atoms with E-state index in [1.807, 2.05) is 6.92 Å². The normalized spacial score (nSPS) is 16.5. The molecule has 3 rings (SSSR count). The van der Waals surface area contributed by atoms with E-state index < -0.39 is 0 Å². The van der Waals surface area contributed by atoms with Crippen LogP contribution in [-0.4, -0.2) is 36.9 Å². The monoisotopic (exact) mass is 270 g/mol. The van der Waals surface area contributed by atoms with Gasteiger partial charge in [0.25, 0.3) is 0 Å². The van der Waals surface area contributed by atoms with Crippen molar-refractivity contribution in [1.82, 2.24) is 15.5 Å². The summed E-state index contributed by atoms with van der Waals surface area (Å²) in [5, 5.41) is 14.6. The average Bonchev–Trinajstić information content (AvgIpc) is 2.49. The van der Waals surface area contributed by atoms with Crippen molar-refractivity contribution in [2.75, 3.05) is 31.6 Å². The lowest BCUT2D eigenvalue weighted by molar-refractivity contribution is 0.377. The molecule has 4 nitrogen and oxygen atoms in total. The Morgan fingerprint density at radius 2 is 1.85 bits per heavy atom.